The van der Waals surface area contributed by atoms with Crippen molar-refractivity contribution >= 4 is 27.7 Å². The van der Waals surface area contributed by atoms with E-state index in [2.05, 4.69) is 15.0 Å². The number of imide groups is 1. The van der Waals surface area contributed by atoms with Crippen LogP contribution in [-0.4, -0.2) is 42.1 Å². The fraction of sp³-hybridized carbons (Fsp3) is 0.263. The minimum atomic E-state index is -3.70. The maximum atomic E-state index is 12.7. The van der Waals surface area contributed by atoms with Gasteiger partial charge in [-0.25, -0.2) is 13.1 Å². The lowest BCUT2D eigenvalue weighted by Gasteiger charge is -2.29. The maximum Gasteiger partial charge on any atom is 0.255 e. The third-order valence-electron chi connectivity index (χ3n) is 5.00. The van der Waals surface area contributed by atoms with Crippen LogP contribution in [0.1, 0.15) is 34.3 Å². The molecular weight excluding hydrogens is 396 g/mol. The lowest BCUT2D eigenvalue weighted by atomic mass is 10.0. The SMILES string of the molecule is O=C1CCC(N2Cc3cc(CNS(=O)(=O)c4cccnc4)ccc3C2=O)C(=O)N1. The van der Waals surface area contributed by atoms with Crippen molar-refractivity contribution in [3.63, 3.8) is 0 Å². The summed E-state index contributed by atoms with van der Waals surface area (Å²) in [5, 5.41) is 2.26. The Kier molecular flexibility index (Phi) is 4.89. The number of hydrogen-bond donors (Lipinski definition) is 2. The highest BCUT2D eigenvalue weighted by Gasteiger charge is 2.39. The summed E-state index contributed by atoms with van der Waals surface area (Å²) >= 11 is 0. The Bertz CT molecular complexity index is 1100. The van der Waals surface area contributed by atoms with Crippen molar-refractivity contribution < 1.29 is 22.8 Å². The Morgan fingerprint density at radius 1 is 1.21 bits per heavy atom. The minimum Gasteiger partial charge on any atom is -0.322 e. The molecule has 9 nitrogen and oxygen atoms in total. The van der Waals surface area contributed by atoms with Crippen molar-refractivity contribution in [1.82, 2.24) is 19.9 Å². The predicted molar refractivity (Wildman–Crippen MR) is 101 cm³/mol. The van der Waals surface area contributed by atoms with E-state index in [0.29, 0.717) is 17.5 Å². The third-order valence-corrected chi connectivity index (χ3v) is 6.39. The molecule has 1 fully saturated rings. The molecule has 0 spiro atoms. The zero-order valence-electron chi connectivity index (χ0n) is 15.3. The van der Waals surface area contributed by atoms with Crippen molar-refractivity contribution in [2.45, 2.75) is 36.9 Å². The lowest BCUT2D eigenvalue weighted by molar-refractivity contribution is -0.136. The molecule has 2 aliphatic rings. The number of hydrogen-bond acceptors (Lipinski definition) is 6. The normalized spacial score (nSPS) is 19.2. The van der Waals surface area contributed by atoms with Crippen LogP contribution in [-0.2, 0) is 32.7 Å². The second-order valence-corrected chi connectivity index (χ2v) is 8.67. The number of carbonyl (C=O) groups excluding carboxylic acids is 3. The number of nitrogens with one attached hydrogen (secondary N) is 2. The van der Waals surface area contributed by atoms with Crippen molar-refractivity contribution in [1.29, 1.82) is 0 Å². The van der Waals surface area contributed by atoms with Gasteiger partial charge in [-0.15, -0.1) is 0 Å². The first-order valence-electron chi connectivity index (χ1n) is 9.01. The number of rotatable bonds is 5. The number of amides is 3. The summed E-state index contributed by atoms with van der Waals surface area (Å²) in [7, 11) is -3.70. The Morgan fingerprint density at radius 3 is 2.76 bits per heavy atom. The van der Waals surface area contributed by atoms with Gasteiger partial charge in [0, 0.05) is 37.5 Å². The minimum absolute atomic E-state index is 0.0527. The summed E-state index contributed by atoms with van der Waals surface area (Å²) in [5.74, 6) is -1.07. The molecule has 2 aromatic rings. The molecule has 1 saturated heterocycles. The van der Waals surface area contributed by atoms with Crippen molar-refractivity contribution in [2.75, 3.05) is 0 Å². The fourth-order valence-electron chi connectivity index (χ4n) is 3.51. The molecule has 0 radical (unpaired) electrons. The first-order valence-corrected chi connectivity index (χ1v) is 10.5. The number of carbonyl (C=O) groups is 3. The van der Waals surface area contributed by atoms with E-state index < -0.39 is 22.0 Å². The molecule has 150 valence electrons. The molecule has 1 aromatic carbocycles. The van der Waals surface area contributed by atoms with Crippen LogP contribution in [0.3, 0.4) is 0 Å². The summed E-state index contributed by atoms with van der Waals surface area (Å²) in [4.78, 5) is 41.4. The highest BCUT2D eigenvalue weighted by atomic mass is 32.2. The molecule has 1 unspecified atom stereocenters. The Morgan fingerprint density at radius 2 is 2.03 bits per heavy atom. The van der Waals surface area contributed by atoms with Gasteiger partial charge in [-0.2, -0.15) is 0 Å². The number of aromatic nitrogens is 1. The second-order valence-electron chi connectivity index (χ2n) is 6.90. The molecule has 2 aliphatic heterocycles. The first-order chi connectivity index (χ1) is 13.8. The third kappa shape index (κ3) is 3.76. The van der Waals surface area contributed by atoms with Gasteiger partial charge < -0.3 is 4.90 Å². The number of piperidine rings is 1. The summed E-state index contributed by atoms with van der Waals surface area (Å²) in [6, 6.07) is 7.38. The van der Waals surface area contributed by atoms with E-state index in [1.807, 2.05) is 0 Å². The number of fused-ring (bicyclic) bond motifs is 1. The van der Waals surface area contributed by atoms with Gasteiger partial charge in [0.05, 0.1) is 0 Å². The summed E-state index contributed by atoms with van der Waals surface area (Å²) in [5.41, 5.74) is 1.89. The van der Waals surface area contributed by atoms with E-state index in [-0.39, 0.29) is 36.2 Å². The summed E-state index contributed by atoms with van der Waals surface area (Å²) in [6.45, 7) is 0.292. The first kappa shape index (κ1) is 19.2. The topological polar surface area (TPSA) is 126 Å². The molecule has 29 heavy (non-hydrogen) atoms. The molecule has 2 N–H and O–H groups in total. The molecule has 0 bridgehead atoms. The Labute approximate surface area is 167 Å². The van der Waals surface area contributed by atoms with E-state index in [9.17, 15) is 22.8 Å². The predicted octanol–water partition coefficient (Wildman–Crippen LogP) is 0.321. The van der Waals surface area contributed by atoms with Crippen molar-refractivity contribution in [2.24, 2.45) is 0 Å². The molecule has 3 amide bonds. The molecule has 0 saturated carbocycles. The number of benzene rings is 1. The highest BCUT2D eigenvalue weighted by molar-refractivity contribution is 7.89. The zero-order chi connectivity index (χ0) is 20.6. The molecule has 1 aromatic heterocycles. The molecular formula is C19H18N4O5S. The monoisotopic (exact) mass is 414 g/mol. The lowest BCUT2D eigenvalue weighted by Crippen LogP contribution is -2.52. The molecule has 4 rings (SSSR count). The van der Waals surface area contributed by atoms with Crippen LogP contribution in [0.25, 0.3) is 0 Å². The zero-order valence-corrected chi connectivity index (χ0v) is 16.1. The van der Waals surface area contributed by atoms with Crippen LogP contribution < -0.4 is 10.0 Å². The van der Waals surface area contributed by atoms with E-state index >= 15 is 0 Å². The Hall–Kier alpha value is -3.11. The summed E-state index contributed by atoms with van der Waals surface area (Å²) in [6.07, 6.45) is 3.24. The van der Waals surface area contributed by atoms with Crippen LogP contribution in [0.4, 0.5) is 0 Å². The van der Waals surface area contributed by atoms with Crippen LogP contribution in [0.2, 0.25) is 0 Å². The second kappa shape index (κ2) is 7.37. The molecule has 10 heteroatoms. The molecule has 1 atom stereocenters. The van der Waals surface area contributed by atoms with Gasteiger partial charge in [0.15, 0.2) is 0 Å². The van der Waals surface area contributed by atoms with Gasteiger partial charge in [-0.05, 0) is 35.7 Å². The standard InChI is InChI=1S/C19H18N4O5S/c24-17-6-5-16(18(25)22-17)23-11-13-8-12(3-4-15(13)19(23)26)9-21-29(27,28)14-2-1-7-20-10-14/h1-4,7-8,10,16,21H,5-6,9,11H2,(H,22,24,25). The van der Waals surface area contributed by atoms with Gasteiger partial charge in [0.1, 0.15) is 10.9 Å². The maximum absolute atomic E-state index is 12.7. The van der Waals surface area contributed by atoms with Crippen molar-refractivity contribution in [3.8, 4) is 0 Å². The number of sulfonamides is 1. The highest BCUT2D eigenvalue weighted by Crippen LogP contribution is 2.28. The van der Waals surface area contributed by atoms with E-state index in [0.717, 1.165) is 5.56 Å². The Balaban J connectivity index is 1.48. The van der Waals surface area contributed by atoms with Crippen molar-refractivity contribution in [3.05, 3.63) is 59.4 Å². The largest absolute Gasteiger partial charge is 0.322 e. The van der Waals surface area contributed by atoms with E-state index in [4.69, 9.17) is 0 Å². The van der Waals surface area contributed by atoms with Crippen LogP contribution in [0.15, 0.2) is 47.6 Å². The van der Waals surface area contributed by atoms with Gasteiger partial charge >= 0.3 is 0 Å². The average Bonchev–Trinajstić information content (AvgIpc) is 3.03. The van der Waals surface area contributed by atoms with Crippen LogP contribution in [0.5, 0.6) is 0 Å². The fourth-order valence-corrected chi connectivity index (χ4v) is 4.49. The quantitative estimate of drug-likeness (QED) is 0.679. The van der Waals surface area contributed by atoms with Gasteiger partial charge in [0.2, 0.25) is 21.8 Å². The average molecular weight is 414 g/mol. The summed E-state index contributed by atoms with van der Waals surface area (Å²) < 4.78 is 27.2. The smallest absolute Gasteiger partial charge is 0.255 e. The number of pyridine rings is 1. The van der Waals surface area contributed by atoms with Crippen LogP contribution >= 0.6 is 0 Å². The van der Waals surface area contributed by atoms with Gasteiger partial charge in [0.25, 0.3) is 5.91 Å². The van der Waals surface area contributed by atoms with Gasteiger partial charge in [-0.1, -0.05) is 12.1 Å². The molecule has 0 aliphatic carbocycles. The van der Waals surface area contributed by atoms with Crippen LogP contribution in [0, 0.1) is 0 Å². The van der Waals surface area contributed by atoms with E-state index in [1.165, 1.54) is 23.4 Å². The van der Waals surface area contributed by atoms with Gasteiger partial charge in [-0.3, -0.25) is 24.7 Å². The number of nitrogens with zero attached hydrogens (tertiary/aromatic N) is 2. The van der Waals surface area contributed by atoms with E-state index in [1.54, 1.807) is 24.3 Å². The molecule has 3 heterocycles.